The number of hydrogen-bond donors (Lipinski definition) is 2. The van der Waals surface area contributed by atoms with Crippen molar-refractivity contribution >= 4 is 23.4 Å². The Hall–Kier alpha value is -3.66. The SMILES string of the molecule is CCOC(=O)c1ccc(Oc2nc(Nc3cc[nH]n3)cc(N3CCOCC3)n2)cc1. The zero-order valence-corrected chi connectivity index (χ0v) is 16.5. The number of ether oxygens (including phenoxy) is 3. The molecule has 2 N–H and O–H groups in total. The lowest BCUT2D eigenvalue weighted by molar-refractivity contribution is 0.0526. The molecule has 10 nitrogen and oxygen atoms in total. The number of rotatable bonds is 7. The number of benzene rings is 1. The Morgan fingerprint density at radius 3 is 2.67 bits per heavy atom. The van der Waals surface area contributed by atoms with E-state index in [2.05, 4.69) is 30.4 Å². The van der Waals surface area contributed by atoms with E-state index in [-0.39, 0.29) is 12.0 Å². The van der Waals surface area contributed by atoms with Crippen LogP contribution < -0.4 is 15.0 Å². The second kappa shape index (κ2) is 9.23. The lowest BCUT2D eigenvalue weighted by Crippen LogP contribution is -2.36. The van der Waals surface area contributed by atoms with Gasteiger partial charge in [0.25, 0.3) is 0 Å². The lowest BCUT2D eigenvalue weighted by Gasteiger charge is -2.28. The van der Waals surface area contributed by atoms with Gasteiger partial charge in [0.05, 0.1) is 25.4 Å². The molecule has 2 aromatic heterocycles. The van der Waals surface area contributed by atoms with Gasteiger partial charge in [0, 0.05) is 31.4 Å². The number of hydrogen-bond acceptors (Lipinski definition) is 9. The van der Waals surface area contributed by atoms with Crippen LogP contribution in [0, 0.1) is 0 Å². The second-order valence-electron chi connectivity index (χ2n) is 6.42. The summed E-state index contributed by atoms with van der Waals surface area (Å²) < 4.78 is 16.3. The molecule has 0 unspecified atom stereocenters. The molecule has 4 rings (SSSR count). The second-order valence-corrected chi connectivity index (χ2v) is 6.42. The van der Waals surface area contributed by atoms with E-state index in [1.165, 1.54) is 0 Å². The van der Waals surface area contributed by atoms with Gasteiger partial charge in [0.1, 0.15) is 17.4 Å². The molecule has 10 heteroatoms. The van der Waals surface area contributed by atoms with Crippen molar-refractivity contribution in [1.29, 1.82) is 0 Å². The zero-order chi connectivity index (χ0) is 20.8. The average Bonchev–Trinajstić information content (AvgIpc) is 3.28. The number of H-pyrrole nitrogens is 1. The number of carbonyl (C=O) groups is 1. The van der Waals surface area contributed by atoms with Gasteiger partial charge in [-0.25, -0.2) is 4.79 Å². The fourth-order valence-electron chi connectivity index (χ4n) is 2.92. The Balaban J connectivity index is 1.57. The summed E-state index contributed by atoms with van der Waals surface area (Å²) in [6, 6.07) is 10.5. The lowest BCUT2D eigenvalue weighted by atomic mass is 10.2. The molecule has 0 bridgehead atoms. The van der Waals surface area contributed by atoms with Gasteiger partial charge in [-0.15, -0.1) is 0 Å². The van der Waals surface area contributed by atoms with Crippen LogP contribution in [-0.2, 0) is 9.47 Å². The van der Waals surface area contributed by atoms with Crippen molar-refractivity contribution in [1.82, 2.24) is 20.2 Å². The summed E-state index contributed by atoms with van der Waals surface area (Å²) in [6.45, 7) is 4.82. The van der Waals surface area contributed by atoms with Crippen LogP contribution in [0.15, 0.2) is 42.6 Å². The Labute approximate surface area is 173 Å². The van der Waals surface area contributed by atoms with E-state index in [0.717, 1.165) is 18.9 Å². The maximum absolute atomic E-state index is 11.8. The van der Waals surface area contributed by atoms with Crippen LogP contribution in [-0.4, -0.2) is 59.0 Å². The summed E-state index contributed by atoms with van der Waals surface area (Å²) in [7, 11) is 0. The first-order valence-corrected chi connectivity index (χ1v) is 9.65. The van der Waals surface area contributed by atoms with E-state index in [4.69, 9.17) is 14.2 Å². The third kappa shape index (κ3) is 4.84. The van der Waals surface area contributed by atoms with Crippen molar-refractivity contribution < 1.29 is 19.0 Å². The number of nitrogens with zero attached hydrogens (tertiary/aromatic N) is 4. The number of anilines is 3. The van der Waals surface area contributed by atoms with Gasteiger partial charge in [0.15, 0.2) is 5.82 Å². The molecule has 3 heterocycles. The molecule has 1 saturated heterocycles. The molecule has 1 fully saturated rings. The number of aromatic nitrogens is 4. The number of nitrogens with one attached hydrogen (secondary N) is 2. The molecular formula is C20H22N6O4. The molecule has 30 heavy (non-hydrogen) atoms. The monoisotopic (exact) mass is 410 g/mol. The topological polar surface area (TPSA) is 114 Å². The van der Waals surface area contributed by atoms with Crippen LogP contribution in [0.2, 0.25) is 0 Å². The predicted octanol–water partition coefficient (Wildman–Crippen LogP) is 2.75. The van der Waals surface area contributed by atoms with Gasteiger partial charge in [-0.3, -0.25) is 5.10 Å². The Kier molecular flexibility index (Phi) is 6.04. The summed E-state index contributed by atoms with van der Waals surface area (Å²) in [6.07, 6.45) is 1.72. The molecule has 0 saturated carbocycles. The molecule has 156 valence electrons. The van der Waals surface area contributed by atoms with Crippen LogP contribution >= 0.6 is 0 Å². The molecule has 1 aromatic carbocycles. The number of carbonyl (C=O) groups excluding carboxylic acids is 1. The van der Waals surface area contributed by atoms with Crippen molar-refractivity contribution in [3.8, 4) is 11.8 Å². The van der Waals surface area contributed by atoms with Crippen LogP contribution in [0.25, 0.3) is 0 Å². The first kappa shape index (κ1) is 19.6. The van der Waals surface area contributed by atoms with Crippen molar-refractivity contribution in [2.45, 2.75) is 6.92 Å². The fraction of sp³-hybridized carbons (Fsp3) is 0.300. The number of esters is 1. The van der Waals surface area contributed by atoms with Crippen LogP contribution in [0.5, 0.6) is 11.8 Å². The van der Waals surface area contributed by atoms with Crippen LogP contribution in [0.4, 0.5) is 17.5 Å². The Morgan fingerprint density at radius 2 is 1.97 bits per heavy atom. The summed E-state index contributed by atoms with van der Waals surface area (Å²) in [4.78, 5) is 22.9. The highest BCUT2D eigenvalue weighted by atomic mass is 16.5. The molecule has 1 aliphatic heterocycles. The minimum atomic E-state index is -0.375. The van der Waals surface area contributed by atoms with Gasteiger partial charge in [-0.05, 0) is 31.2 Å². The van der Waals surface area contributed by atoms with E-state index < -0.39 is 0 Å². The van der Waals surface area contributed by atoms with Gasteiger partial charge >= 0.3 is 12.0 Å². The van der Waals surface area contributed by atoms with E-state index in [9.17, 15) is 4.79 Å². The Bertz CT molecular complexity index is 971. The molecule has 1 aliphatic rings. The van der Waals surface area contributed by atoms with E-state index in [1.807, 2.05) is 6.07 Å². The summed E-state index contributed by atoms with van der Waals surface area (Å²) in [5.74, 6) is 2.04. The zero-order valence-electron chi connectivity index (χ0n) is 16.5. The fourth-order valence-corrected chi connectivity index (χ4v) is 2.92. The first-order chi connectivity index (χ1) is 14.7. The van der Waals surface area contributed by atoms with Crippen molar-refractivity contribution in [2.24, 2.45) is 0 Å². The third-order valence-electron chi connectivity index (χ3n) is 4.36. The van der Waals surface area contributed by atoms with Gasteiger partial charge < -0.3 is 24.4 Å². The van der Waals surface area contributed by atoms with Crippen LogP contribution in [0.3, 0.4) is 0 Å². The quantitative estimate of drug-likeness (QED) is 0.567. The molecule has 0 radical (unpaired) electrons. The predicted molar refractivity (Wildman–Crippen MR) is 109 cm³/mol. The largest absolute Gasteiger partial charge is 0.462 e. The summed E-state index contributed by atoms with van der Waals surface area (Å²) in [5, 5.41) is 9.98. The minimum Gasteiger partial charge on any atom is -0.462 e. The molecule has 0 amide bonds. The highest BCUT2D eigenvalue weighted by molar-refractivity contribution is 5.89. The van der Waals surface area contributed by atoms with Crippen LogP contribution in [0.1, 0.15) is 17.3 Å². The molecule has 3 aromatic rings. The molecule has 0 spiro atoms. The van der Waals surface area contributed by atoms with E-state index >= 15 is 0 Å². The van der Waals surface area contributed by atoms with Crippen molar-refractivity contribution in [3.05, 3.63) is 48.2 Å². The normalized spacial score (nSPS) is 13.7. The van der Waals surface area contributed by atoms with E-state index in [0.29, 0.717) is 42.8 Å². The maximum atomic E-state index is 11.8. The highest BCUT2D eigenvalue weighted by Crippen LogP contribution is 2.26. The van der Waals surface area contributed by atoms with Gasteiger partial charge in [0.2, 0.25) is 0 Å². The van der Waals surface area contributed by atoms with Crippen molar-refractivity contribution in [2.75, 3.05) is 43.1 Å². The summed E-state index contributed by atoms with van der Waals surface area (Å²) >= 11 is 0. The minimum absolute atomic E-state index is 0.181. The smallest absolute Gasteiger partial charge is 0.338 e. The molecular weight excluding hydrogens is 388 g/mol. The van der Waals surface area contributed by atoms with Crippen molar-refractivity contribution in [3.63, 3.8) is 0 Å². The number of aromatic amines is 1. The maximum Gasteiger partial charge on any atom is 0.338 e. The number of morpholine rings is 1. The standard InChI is InChI=1S/C20H22N6O4/c1-2-29-19(27)14-3-5-15(6-4-14)30-20-23-17(22-16-7-8-21-25-16)13-18(24-20)26-9-11-28-12-10-26/h3-8,13H,2,9-12H2,1H3,(H2,21,22,23,24,25). The third-order valence-corrected chi connectivity index (χ3v) is 4.36. The highest BCUT2D eigenvalue weighted by Gasteiger charge is 2.16. The average molecular weight is 410 g/mol. The molecule has 0 atom stereocenters. The Morgan fingerprint density at radius 1 is 1.17 bits per heavy atom. The van der Waals surface area contributed by atoms with E-state index in [1.54, 1.807) is 43.5 Å². The van der Waals surface area contributed by atoms with Gasteiger partial charge in [-0.2, -0.15) is 15.1 Å². The summed E-state index contributed by atoms with van der Waals surface area (Å²) in [5.41, 5.74) is 0.452. The van der Waals surface area contributed by atoms with Gasteiger partial charge in [-0.1, -0.05) is 0 Å². The first-order valence-electron chi connectivity index (χ1n) is 9.65. The molecule has 0 aliphatic carbocycles.